The maximum Gasteiger partial charge on any atom is 0.254 e. The van der Waals surface area contributed by atoms with Gasteiger partial charge in [0.2, 0.25) is 0 Å². The van der Waals surface area contributed by atoms with Gasteiger partial charge in [-0.15, -0.1) is 0 Å². The molecule has 0 unspecified atom stereocenters. The van der Waals surface area contributed by atoms with Crippen LogP contribution in [0.15, 0.2) is 18.2 Å². The van der Waals surface area contributed by atoms with Crippen LogP contribution in [0.4, 0.5) is 5.69 Å². The predicted octanol–water partition coefficient (Wildman–Crippen LogP) is 1.17. The van der Waals surface area contributed by atoms with Crippen molar-refractivity contribution in [1.82, 2.24) is 4.90 Å². The molecule has 0 bridgehead atoms. The predicted molar refractivity (Wildman–Crippen MR) is 66.7 cm³/mol. The number of hydrogen-bond donors (Lipinski definition) is 2. The third-order valence-corrected chi connectivity index (χ3v) is 3.34. The number of rotatable bonds is 2. The van der Waals surface area contributed by atoms with Crippen molar-refractivity contribution in [2.75, 3.05) is 18.9 Å². The fraction of sp³-hybridized carbons (Fsp3) is 0.462. The summed E-state index contributed by atoms with van der Waals surface area (Å²) in [5.74, 6) is -0.0219. The van der Waals surface area contributed by atoms with Crippen LogP contribution in [0.2, 0.25) is 0 Å². The summed E-state index contributed by atoms with van der Waals surface area (Å²) in [7, 11) is 0. The molecule has 17 heavy (non-hydrogen) atoms. The van der Waals surface area contributed by atoms with Crippen LogP contribution in [0, 0.1) is 6.92 Å². The third-order valence-electron chi connectivity index (χ3n) is 3.34. The van der Waals surface area contributed by atoms with Crippen LogP contribution in [0.25, 0.3) is 0 Å². The van der Waals surface area contributed by atoms with Crippen LogP contribution < -0.4 is 5.73 Å². The molecule has 1 atom stereocenters. The highest BCUT2D eigenvalue weighted by atomic mass is 16.3. The highest BCUT2D eigenvalue weighted by Crippen LogP contribution is 2.22. The number of nitrogens with two attached hydrogens (primary N) is 1. The largest absolute Gasteiger partial charge is 0.399 e. The van der Waals surface area contributed by atoms with Crippen LogP contribution in [-0.2, 0) is 0 Å². The van der Waals surface area contributed by atoms with E-state index in [0.29, 0.717) is 11.3 Å². The topological polar surface area (TPSA) is 66.6 Å². The Morgan fingerprint density at radius 2 is 2.35 bits per heavy atom. The first kappa shape index (κ1) is 11.9. The van der Waals surface area contributed by atoms with Crippen molar-refractivity contribution in [2.45, 2.75) is 25.8 Å². The quantitative estimate of drug-likeness (QED) is 0.755. The molecule has 92 valence electrons. The minimum atomic E-state index is -0.0386. The van der Waals surface area contributed by atoms with Crippen molar-refractivity contribution in [3.05, 3.63) is 29.3 Å². The number of amides is 1. The van der Waals surface area contributed by atoms with Crippen LogP contribution in [-0.4, -0.2) is 35.1 Å². The first-order valence-electron chi connectivity index (χ1n) is 5.91. The number of hydrogen-bond acceptors (Lipinski definition) is 3. The second kappa shape index (κ2) is 4.75. The number of nitrogen functional groups attached to an aromatic ring is 1. The summed E-state index contributed by atoms with van der Waals surface area (Å²) in [5, 5.41) is 9.24. The van der Waals surface area contributed by atoms with E-state index in [1.165, 1.54) is 0 Å². The van der Waals surface area contributed by atoms with Gasteiger partial charge in [0.05, 0.1) is 12.6 Å². The zero-order chi connectivity index (χ0) is 12.4. The van der Waals surface area contributed by atoms with Crippen LogP contribution in [0.1, 0.15) is 28.8 Å². The Hall–Kier alpha value is -1.55. The van der Waals surface area contributed by atoms with Crippen molar-refractivity contribution in [2.24, 2.45) is 0 Å². The molecule has 1 saturated heterocycles. The van der Waals surface area contributed by atoms with Gasteiger partial charge in [-0.1, -0.05) is 6.07 Å². The Balaban J connectivity index is 2.27. The smallest absolute Gasteiger partial charge is 0.254 e. The molecule has 3 N–H and O–H groups in total. The summed E-state index contributed by atoms with van der Waals surface area (Å²) in [6, 6.07) is 5.32. The Labute approximate surface area is 101 Å². The molecule has 1 fully saturated rings. The van der Waals surface area contributed by atoms with Gasteiger partial charge in [-0.05, 0) is 37.5 Å². The maximum atomic E-state index is 12.3. The van der Waals surface area contributed by atoms with Crippen molar-refractivity contribution >= 4 is 11.6 Å². The van der Waals surface area contributed by atoms with E-state index in [0.717, 1.165) is 24.9 Å². The molecule has 1 aromatic rings. The summed E-state index contributed by atoms with van der Waals surface area (Å²) in [4.78, 5) is 14.1. The van der Waals surface area contributed by atoms with E-state index in [-0.39, 0.29) is 18.6 Å². The Morgan fingerprint density at radius 3 is 3.06 bits per heavy atom. The van der Waals surface area contributed by atoms with E-state index < -0.39 is 0 Å². The molecule has 0 spiro atoms. The average Bonchev–Trinajstić information content (AvgIpc) is 2.79. The van der Waals surface area contributed by atoms with Crippen molar-refractivity contribution in [3.8, 4) is 0 Å². The Kier molecular flexibility index (Phi) is 3.33. The van der Waals surface area contributed by atoms with E-state index in [1.807, 2.05) is 13.0 Å². The lowest BCUT2D eigenvalue weighted by molar-refractivity contribution is 0.0677. The first-order chi connectivity index (χ1) is 8.13. The van der Waals surface area contributed by atoms with Gasteiger partial charge in [0.1, 0.15) is 0 Å². The SMILES string of the molecule is Cc1ccc(N)cc1C(=O)N1CCC[C@@H]1CO. The van der Waals surface area contributed by atoms with E-state index in [2.05, 4.69) is 0 Å². The van der Waals surface area contributed by atoms with E-state index in [1.54, 1.807) is 17.0 Å². The molecule has 0 aliphatic carbocycles. The summed E-state index contributed by atoms with van der Waals surface area (Å²) in [5.41, 5.74) is 7.87. The highest BCUT2D eigenvalue weighted by Gasteiger charge is 2.29. The Bertz CT molecular complexity index is 431. The van der Waals surface area contributed by atoms with E-state index in [4.69, 9.17) is 5.73 Å². The van der Waals surface area contributed by atoms with Gasteiger partial charge in [0.25, 0.3) is 5.91 Å². The van der Waals surface area contributed by atoms with Gasteiger partial charge < -0.3 is 15.7 Å². The molecule has 1 aliphatic heterocycles. The zero-order valence-electron chi connectivity index (χ0n) is 10.0. The summed E-state index contributed by atoms with van der Waals surface area (Å²) >= 11 is 0. The molecule has 1 heterocycles. The van der Waals surface area contributed by atoms with Crippen LogP contribution >= 0.6 is 0 Å². The Morgan fingerprint density at radius 1 is 1.59 bits per heavy atom. The zero-order valence-corrected chi connectivity index (χ0v) is 10.0. The summed E-state index contributed by atoms with van der Waals surface area (Å²) in [6.45, 7) is 2.65. The minimum absolute atomic E-state index is 0.0219. The molecule has 0 radical (unpaired) electrons. The van der Waals surface area contributed by atoms with Gasteiger partial charge >= 0.3 is 0 Å². The fourth-order valence-corrected chi connectivity index (χ4v) is 2.32. The maximum absolute atomic E-state index is 12.3. The second-order valence-electron chi connectivity index (χ2n) is 4.55. The molecule has 2 rings (SSSR count). The van der Waals surface area contributed by atoms with Crippen LogP contribution in [0.5, 0.6) is 0 Å². The summed E-state index contributed by atoms with van der Waals surface area (Å²) < 4.78 is 0. The lowest BCUT2D eigenvalue weighted by Gasteiger charge is -2.24. The molecule has 1 aliphatic rings. The highest BCUT2D eigenvalue weighted by molar-refractivity contribution is 5.96. The number of nitrogens with zero attached hydrogens (tertiary/aromatic N) is 1. The van der Waals surface area contributed by atoms with Crippen LogP contribution in [0.3, 0.4) is 0 Å². The minimum Gasteiger partial charge on any atom is -0.399 e. The molecular formula is C13H18N2O2. The molecule has 0 saturated carbocycles. The number of aliphatic hydroxyl groups excluding tert-OH is 1. The summed E-state index contributed by atoms with van der Waals surface area (Å²) in [6.07, 6.45) is 1.84. The van der Waals surface area contributed by atoms with Gasteiger partial charge in [0, 0.05) is 17.8 Å². The lowest BCUT2D eigenvalue weighted by atomic mass is 10.1. The number of benzene rings is 1. The lowest BCUT2D eigenvalue weighted by Crippen LogP contribution is -2.37. The fourth-order valence-electron chi connectivity index (χ4n) is 2.32. The van der Waals surface area contributed by atoms with E-state index >= 15 is 0 Å². The van der Waals surface area contributed by atoms with Gasteiger partial charge in [-0.2, -0.15) is 0 Å². The molecule has 4 nitrogen and oxygen atoms in total. The van der Waals surface area contributed by atoms with Crippen molar-refractivity contribution in [3.63, 3.8) is 0 Å². The molecule has 1 amide bonds. The van der Waals surface area contributed by atoms with Gasteiger partial charge in [-0.3, -0.25) is 4.79 Å². The van der Waals surface area contributed by atoms with Crippen molar-refractivity contribution < 1.29 is 9.90 Å². The molecule has 0 aromatic heterocycles. The standard InChI is InChI=1S/C13H18N2O2/c1-9-4-5-10(14)7-12(9)13(17)15-6-2-3-11(15)8-16/h4-5,7,11,16H,2-3,6,8,14H2,1H3/t11-/m1/s1. The van der Waals surface area contributed by atoms with Gasteiger partial charge in [0.15, 0.2) is 0 Å². The number of likely N-dealkylation sites (tertiary alicyclic amines) is 1. The first-order valence-corrected chi connectivity index (χ1v) is 5.91. The third kappa shape index (κ3) is 2.26. The number of aliphatic hydroxyl groups is 1. The number of carbonyl (C=O) groups is 1. The molecular weight excluding hydrogens is 216 g/mol. The monoisotopic (exact) mass is 234 g/mol. The second-order valence-corrected chi connectivity index (χ2v) is 4.55. The number of aryl methyl sites for hydroxylation is 1. The van der Waals surface area contributed by atoms with Gasteiger partial charge in [-0.25, -0.2) is 0 Å². The van der Waals surface area contributed by atoms with Crippen molar-refractivity contribution in [1.29, 1.82) is 0 Å². The molecule has 1 aromatic carbocycles. The number of carbonyl (C=O) groups excluding carboxylic acids is 1. The number of anilines is 1. The molecule has 4 heteroatoms. The normalized spacial score (nSPS) is 19.6. The van der Waals surface area contributed by atoms with E-state index in [9.17, 15) is 9.90 Å². The average molecular weight is 234 g/mol.